The maximum atomic E-state index is 5.44. The van der Waals surface area contributed by atoms with Gasteiger partial charge in [-0.05, 0) is 36.8 Å². The number of aromatic nitrogens is 1. The summed E-state index contributed by atoms with van der Waals surface area (Å²) in [5, 5.41) is 0. The van der Waals surface area contributed by atoms with Crippen LogP contribution in [-0.4, -0.2) is 4.98 Å². The number of hydrogen-bond donors (Lipinski definition) is 0. The van der Waals surface area contributed by atoms with Crippen molar-refractivity contribution in [2.75, 3.05) is 0 Å². The molecule has 1 aliphatic heterocycles. The maximum Gasteiger partial charge on any atom is 0.0740 e. The van der Waals surface area contributed by atoms with E-state index in [-0.39, 0.29) is 0 Å². The molecule has 0 amide bonds. The molecule has 0 unspecified atom stereocenters. The van der Waals surface area contributed by atoms with Gasteiger partial charge in [-0.2, -0.15) is 0 Å². The molecule has 0 aromatic carbocycles. The first kappa shape index (κ1) is 7.51. The van der Waals surface area contributed by atoms with Crippen LogP contribution in [0.5, 0.6) is 0 Å². The van der Waals surface area contributed by atoms with Crippen molar-refractivity contribution < 1.29 is 4.74 Å². The average Bonchev–Trinajstić information content (AvgIpc) is 2.65. The van der Waals surface area contributed by atoms with Crippen LogP contribution in [0, 0.1) is 0 Å². The van der Waals surface area contributed by atoms with Crippen LogP contribution in [0.2, 0.25) is 0 Å². The first-order chi connectivity index (χ1) is 6.45. The molecule has 0 spiro atoms. The van der Waals surface area contributed by atoms with Crippen molar-refractivity contribution in [1.29, 1.82) is 0 Å². The normalized spacial score (nSPS) is 19.7. The van der Waals surface area contributed by atoms with E-state index in [9.17, 15) is 0 Å². The summed E-state index contributed by atoms with van der Waals surface area (Å²) in [4.78, 5) is 4.51. The lowest BCUT2D eigenvalue weighted by Crippen LogP contribution is -2.08. The minimum atomic E-state index is 0.773. The van der Waals surface area contributed by atoms with Crippen molar-refractivity contribution in [3.8, 4) is 0 Å². The largest absolute Gasteiger partial charge is 0.372 e. The Labute approximate surface area is 77.9 Å². The summed E-state index contributed by atoms with van der Waals surface area (Å²) in [7, 11) is 0. The van der Waals surface area contributed by atoms with Gasteiger partial charge in [0.25, 0.3) is 0 Å². The second-order valence-electron chi connectivity index (χ2n) is 3.89. The van der Waals surface area contributed by atoms with Gasteiger partial charge in [0.1, 0.15) is 0 Å². The second-order valence-corrected chi connectivity index (χ2v) is 3.89. The van der Waals surface area contributed by atoms with Crippen molar-refractivity contribution in [2.24, 2.45) is 0 Å². The molecule has 0 radical (unpaired) electrons. The second kappa shape index (κ2) is 2.81. The van der Waals surface area contributed by atoms with Crippen LogP contribution >= 0.6 is 0 Å². The van der Waals surface area contributed by atoms with Gasteiger partial charge < -0.3 is 4.74 Å². The molecule has 13 heavy (non-hydrogen) atoms. The molecule has 3 rings (SSSR count). The highest BCUT2D eigenvalue weighted by molar-refractivity contribution is 5.38. The molecule has 2 heteroatoms. The molecule has 1 aromatic heterocycles. The summed E-state index contributed by atoms with van der Waals surface area (Å²) in [5.74, 6) is 0. The summed E-state index contributed by atoms with van der Waals surface area (Å²) in [5.41, 5.74) is 5.60. The summed E-state index contributed by atoms with van der Waals surface area (Å²) < 4.78 is 5.44. The molecule has 0 saturated carbocycles. The van der Waals surface area contributed by atoms with Crippen LogP contribution in [0.25, 0.3) is 0 Å². The Kier molecular flexibility index (Phi) is 1.62. The molecule has 1 aromatic rings. The van der Waals surface area contributed by atoms with Gasteiger partial charge in [0.05, 0.1) is 13.2 Å². The zero-order valence-electron chi connectivity index (χ0n) is 7.68. The number of nitrogens with zero attached hydrogens (tertiary/aromatic N) is 1. The quantitative estimate of drug-likeness (QED) is 0.601. The standard InChI is InChI=1S/C11H13NO/c1-2-4-11-9(3-1)10-7-13-6-8(10)5-12-11/h5H,1-4,6-7H2. The molecule has 1 aliphatic carbocycles. The molecule has 2 heterocycles. The third kappa shape index (κ3) is 1.09. The molecule has 0 N–H and O–H groups in total. The smallest absolute Gasteiger partial charge is 0.0740 e. The molecular formula is C11H13NO. The Morgan fingerprint density at radius 2 is 2.00 bits per heavy atom. The third-order valence-corrected chi connectivity index (χ3v) is 3.07. The fraction of sp³-hybridized carbons (Fsp3) is 0.545. The lowest BCUT2D eigenvalue weighted by atomic mass is 9.91. The van der Waals surface area contributed by atoms with E-state index in [0.29, 0.717) is 0 Å². The van der Waals surface area contributed by atoms with E-state index in [1.807, 2.05) is 6.20 Å². The number of hydrogen-bond acceptors (Lipinski definition) is 2. The van der Waals surface area contributed by atoms with Crippen LogP contribution in [0.15, 0.2) is 6.20 Å². The summed E-state index contributed by atoms with van der Waals surface area (Å²) in [6.07, 6.45) is 7.02. The number of rotatable bonds is 0. The zero-order chi connectivity index (χ0) is 8.67. The van der Waals surface area contributed by atoms with Crippen LogP contribution in [0.4, 0.5) is 0 Å². The minimum Gasteiger partial charge on any atom is -0.372 e. The molecule has 0 fully saturated rings. The van der Waals surface area contributed by atoms with Crippen LogP contribution in [-0.2, 0) is 30.8 Å². The monoisotopic (exact) mass is 175 g/mol. The lowest BCUT2D eigenvalue weighted by molar-refractivity contribution is 0.134. The molecule has 2 aliphatic rings. The SMILES string of the molecule is c1nc2c(c3c1COC3)CCCC2. The third-order valence-electron chi connectivity index (χ3n) is 3.07. The van der Waals surface area contributed by atoms with E-state index >= 15 is 0 Å². The van der Waals surface area contributed by atoms with Crippen molar-refractivity contribution in [3.05, 3.63) is 28.6 Å². The van der Waals surface area contributed by atoms with Crippen LogP contribution < -0.4 is 0 Å². The van der Waals surface area contributed by atoms with E-state index in [1.165, 1.54) is 48.1 Å². The van der Waals surface area contributed by atoms with Crippen molar-refractivity contribution in [2.45, 2.75) is 38.9 Å². The number of pyridine rings is 1. The maximum absolute atomic E-state index is 5.44. The number of aryl methyl sites for hydroxylation is 1. The first-order valence-corrected chi connectivity index (χ1v) is 5.01. The lowest BCUT2D eigenvalue weighted by Gasteiger charge is -2.17. The van der Waals surface area contributed by atoms with Gasteiger partial charge in [0.15, 0.2) is 0 Å². The number of fused-ring (bicyclic) bond motifs is 3. The van der Waals surface area contributed by atoms with E-state index in [4.69, 9.17) is 4.74 Å². The highest BCUT2D eigenvalue weighted by Gasteiger charge is 2.20. The Morgan fingerprint density at radius 3 is 3.00 bits per heavy atom. The Balaban J connectivity index is 2.17. The van der Waals surface area contributed by atoms with Crippen LogP contribution in [0.1, 0.15) is 35.2 Å². The van der Waals surface area contributed by atoms with Crippen molar-refractivity contribution in [3.63, 3.8) is 0 Å². The van der Waals surface area contributed by atoms with E-state index in [1.54, 1.807) is 0 Å². The fourth-order valence-electron chi connectivity index (χ4n) is 2.35. The first-order valence-electron chi connectivity index (χ1n) is 5.01. The van der Waals surface area contributed by atoms with Gasteiger partial charge >= 0.3 is 0 Å². The van der Waals surface area contributed by atoms with Gasteiger partial charge in [0, 0.05) is 17.5 Å². The van der Waals surface area contributed by atoms with Gasteiger partial charge in [-0.15, -0.1) is 0 Å². The van der Waals surface area contributed by atoms with Crippen molar-refractivity contribution >= 4 is 0 Å². The van der Waals surface area contributed by atoms with Crippen molar-refractivity contribution in [1.82, 2.24) is 4.98 Å². The Bertz CT molecular complexity index is 346. The molecule has 68 valence electrons. The number of ether oxygens (including phenoxy) is 1. The van der Waals surface area contributed by atoms with Gasteiger partial charge in [-0.3, -0.25) is 4.98 Å². The summed E-state index contributed by atoms with van der Waals surface area (Å²) >= 11 is 0. The highest BCUT2D eigenvalue weighted by Crippen LogP contribution is 2.29. The molecule has 0 bridgehead atoms. The van der Waals surface area contributed by atoms with E-state index < -0.39 is 0 Å². The van der Waals surface area contributed by atoms with Gasteiger partial charge in [-0.1, -0.05) is 0 Å². The Morgan fingerprint density at radius 1 is 1.08 bits per heavy atom. The minimum absolute atomic E-state index is 0.773. The fourth-order valence-corrected chi connectivity index (χ4v) is 2.35. The summed E-state index contributed by atoms with van der Waals surface area (Å²) in [6, 6.07) is 0. The summed E-state index contributed by atoms with van der Waals surface area (Å²) in [6.45, 7) is 1.59. The molecular weight excluding hydrogens is 162 g/mol. The van der Waals surface area contributed by atoms with E-state index in [0.717, 1.165) is 13.2 Å². The van der Waals surface area contributed by atoms with Gasteiger partial charge in [0.2, 0.25) is 0 Å². The molecule has 2 nitrogen and oxygen atoms in total. The molecule has 0 saturated heterocycles. The predicted molar refractivity (Wildman–Crippen MR) is 49.4 cm³/mol. The molecule has 0 atom stereocenters. The Hall–Kier alpha value is -0.890. The topological polar surface area (TPSA) is 22.1 Å². The predicted octanol–water partition coefficient (Wildman–Crippen LogP) is 1.99. The highest BCUT2D eigenvalue weighted by atomic mass is 16.5. The van der Waals surface area contributed by atoms with Crippen LogP contribution in [0.3, 0.4) is 0 Å². The average molecular weight is 175 g/mol. The van der Waals surface area contributed by atoms with Gasteiger partial charge in [-0.25, -0.2) is 0 Å². The van der Waals surface area contributed by atoms with E-state index in [2.05, 4.69) is 4.98 Å². The zero-order valence-corrected chi connectivity index (χ0v) is 7.68.